The lowest BCUT2D eigenvalue weighted by Gasteiger charge is -2.39. The van der Waals surface area contributed by atoms with Crippen molar-refractivity contribution in [2.24, 2.45) is 0 Å². The Morgan fingerprint density at radius 2 is 1.94 bits per heavy atom. The van der Waals surface area contributed by atoms with E-state index >= 15 is 0 Å². The topological polar surface area (TPSA) is 29.5 Å². The van der Waals surface area contributed by atoms with Crippen LogP contribution in [0.4, 0.5) is 0 Å². The molecule has 0 amide bonds. The lowest BCUT2D eigenvalue weighted by molar-refractivity contribution is -0.130. The number of aliphatic hydroxyl groups is 1. The normalized spacial score (nSPS) is 33.6. The van der Waals surface area contributed by atoms with Crippen LogP contribution in [-0.4, -0.2) is 22.9 Å². The predicted octanol–water partition coefficient (Wildman–Crippen LogP) is 2.86. The van der Waals surface area contributed by atoms with E-state index in [9.17, 15) is 5.11 Å². The summed E-state index contributed by atoms with van der Waals surface area (Å²) in [5.41, 5.74) is 1.86. The van der Waals surface area contributed by atoms with Crippen LogP contribution in [0.5, 0.6) is 0 Å². The zero-order valence-corrected chi connectivity index (χ0v) is 10.9. The van der Waals surface area contributed by atoms with Gasteiger partial charge in [0.25, 0.3) is 0 Å². The van der Waals surface area contributed by atoms with Crippen molar-refractivity contribution in [1.29, 1.82) is 0 Å². The van der Waals surface area contributed by atoms with Gasteiger partial charge in [-0.15, -0.1) is 0 Å². The minimum Gasteiger partial charge on any atom is -0.389 e. The average molecular weight is 234 g/mol. The van der Waals surface area contributed by atoms with Gasteiger partial charge in [0.15, 0.2) is 0 Å². The fourth-order valence-corrected chi connectivity index (χ4v) is 2.99. The zero-order valence-electron chi connectivity index (χ0n) is 10.9. The molecule has 17 heavy (non-hydrogen) atoms. The first-order valence-electron chi connectivity index (χ1n) is 6.40. The SMILES string of the molecule is Cc1cccc(CC2(O)CC(C)OC(C)C2)c1. The van der Waals surface area contributed by atoms with Crippen molar-refractivity contribution in [3.05, 3.63) is 35.4 Å². The van der Waals surface area contributed by atoms with E-state index in [1.807, 2.05) is 13.8 Å². The number of aryl methyl sites for hydroxylation is 1. The van der Waals surface area contributed by atoms with Crippen molar-refractivity contribution >= 4 is 0 Å². The molecule has 0 spiro atoms. The predicted molar refractivity (Wildman–Crippen MR) is 69.1 cm³/mol. The van der Waals surface area contributed by atoms with Crippen molar-refractivity contribution < 1.29 is 9.84 Å². The summed E-state index contributed by atoms with van der Waals surface area (Å²) >= 11 is 0. The lowest BCUT2D eigenvalue weighted by Crippen LogP contribution is -2.44. The van der Waals surface area contributed by atoms with Gasteiger partial charge in [-0.3, -0.25) is 0 Å². The quantitative estimate of drug-likeness (QED) is 0.852. The maximum absolute atomic E-state index is 10.7. The second-order valence-corrected chi connectivity index (χ2v) is 5.56. The molecule has 2 atom stereocenters. The van der Waals surface area contributed by atoms with Crippen molar-refractivity contribution in [2.75, 3.05) is 0 Å². The van der Waals surface area contributed by atoms with Crippen LogP contribution >= 0.6 is 0 Å². The molecule has 94 valence electrons. The molecule has 1 fully saturated rings. The Hall–Kier alpha value is -0.860. The number of rotatable bonds is 2. The van der Waals surface area contributed by atoms with Gasteiger partial charge in [-0.05, 0) is 26.3 Å². The van der Waals surface area contributed by atoms with E-state index in [2.05, 4.69) is 31.2 Å². The molecule has 2 heteroatoms. The maximum atomic E-state index is 10.7. The summed E-state index contributed by atoms with van der Waals surface area (Å²) < 4.78 is 5.68. The van der Waals surface area contributed by atoms with Crippen molar-refractivity contribution in [3.8, 4) is 0 Å². The fourth-order valence-electron chi connectivity index (χ4n) is 2.99. The summed E-state index contributed by atoms with van der Waals surface area (Å²) in [6, 6.07) is 8.39. The van der Waals surface area contributed by atoms with E-state index in [0.29, 0.717) is 0 Å². The summed E-state index contributed by atoms with van der Waals surface area (Å²) in [4.78, 5) is 0. The Morgan fingerprint density at radius 1 is 1.29 bits per heavy atom. The third-order valence-electron chi connectivity index (χ3n) is 3.42. The van der Waals surface area contributed by atoms with Crippen molar-refractivity contribution in [1.82, 2.24) is 0 Å². The Kier molecular flexibility index (Phi) is 3.55. The Morgan fingerprint density at radius 3 is 2.53 bits per heavy atom. The van der Waals surface area contributed by atoms with Crippen LogP contribution in [0.1, 0.15) is 37.8 Å². The average Bonchev–Trinajstić information content (AvgIpc) is 2.13. The minimum atomic E-state index is -0.606. The van der Waals surface area contributed by atoms with Crippen LogP contribution in [0.2, 0.25) is 0 Å². The Labute approximate surface area is 104 Å². The van der Waals surface area contributed by atoms with Gasteiger partial charge in [0.05, 0.1) is 17.8 Å². The largest absolute Gasteiger partial charge is 0.389 e. The highest BCUT2D eigenvalue weighted by Gasteiger charge is 2.36. The molecule has 1 heterocycles. The summed E-state index contributed by atoms with van der Waals surface area (Å²) in [6.45, 7) is 6.16. The first-order valence-corrected chi connectivity index (χ1v) is 6.40. The third kappa shape index (κ3) is 3.30. The molecule has 2 rings (SSSR count). The molecule has 1 N–H and O–H groups in total. The molecule has 0 saturated carbocycles. The first-order chi connectivity index (χ1) is 7.97. The summed E-state index contributed by atoms with van der Waals surface area (Å²) in [6.07, 6.45) is 2.48. The highest BCUT2D eigenvalue weighted by Crippen LogP contribution is 2.31. The highest BCUT2D eigenvalue weighted by atomic mass is 16.5. The summed E-state index contributed by atoms with van der Waals surface area (Å²) in [7, 11) is 0. The van der Waals surface area contributed by atoms with Crippen LogP contribution in [0.25, 0.3) is 0 Å². The standard InChI is InChI=1S/C15H22O2/c1-11-5-4-6-14(7-11)10-15(16)8-12(2)17-13(3)9-15/h4-7,12-13,16H,8-10H2,1-3H3. The van der Waals surface area contributed by atoms with Crippen LogP contribution in [0.15, 0.2) is 24.3 Å². The number of hydrogen-bond donors (Lipinski definition) is 1. The summed E-state index contributed by atoms with van der Waals surface area (Å²) in [5, 5.41) is 10.7. The van der Waals surface area contributed by atoms with Gasteiger partial charge < -0.3 is 9.84 Å². The first kappa shape index (κ1) is 12.6. The van der Waals surface area contributed by atoms with Gasteiger partial charge in [-0.2, -0.15) is 0 Å². The molecule has 1 aromatic rings. The third-order valence-corrected chi connectivity index (χ3v) is 3.42. The monoisotopic (exact) mass is 234 g/mol. The van der Waals surface area contributed by atoms with E-state index in [4.69, 9.17) is 4.74 Å². The molecule has 1 aromatic carbocycles. The number of hydrogen-bond acceptors (Lipinski definition) is 2. The molecule has 1 saturated heterocycles. The van der Waals surface area contributed by atoms with Gasteiger partial charge in [-0.25, -0.2) is 0 Å². The molecule has 0 bridgehead atoms. The summed E-state index contributed by atoms with van der Waals surface area (Å²) in [5.74, 6) is 0. The van der Waals surface area contributed by atoms with Crippen LogP contribution in [0, 0.1) is 6.92 Å². The van der Waals surface area contributed by atoms with Crippen LogP contribution < -0.4 is 0 Å². The molecule has 1 aliphatic heterocycles. The molecule has 0 radical (unpaired) electrons. The molecule has 0 aromatic heterocycles. The van der Waals surface area contributed by atoms with Crippen molar-refractivity contribution in [2.45, 2.75) is 57.8 Å². The smallest absolute Gasteiger partial charge is 0.0737 e. The van der Waals surface area contributed by atoms with Gasteiger partial charge in [-0.1, -0.05) is 29.8 Å². The van der Waals surface area contributed by atoms with E-state index < -0.39 is 5.60 Å². The van der Waals surface area contributed by atoms with Gasteiger partial charge in [0.2, 0.25) is 0 Å². The van der Waals surface area contributed by atoms with Gasteiger partial charge >= 0.3 is 0 Å². The van der Waals surface area contributed by atoms with Gasteiger partial charge in [0, 0.05) is 19.3 Å². The molecule has 2 unspecified atom stereocenters. The Balaban J connectivity index is 2.11. The zero-order chi connectivity index (χ0) is 12.5. The van der Waals surface area contributed by atoms with Gasteiger partial charge in [0.1, 0.15) is 0 Å². The molecule has 2 nitrogen and oxygen atoms in total. The maximum Gasteiger partial charge on any atom is 0.0737 e. The van der Waals surface area contributed by atoms with Crippen LogP contribution in [-0.2, 0) is 11.2 Å². The Bertz CT molecular complexity index is 376. The highest BCUT2D eigenvalue weighted by molar-refractivity contribution is 5.24. The molecule has 1 aliphatic rings. The number of ether oxygens (including phenoxy) is 1. The fraction of sp³-hybridized carbons (Fsp3) is 0.600. The second kappa shape index (κ2) is 4.79. The van der Waals surface area contributed by atoms with E-state index in [0.717, 1.165) is 19.3 Å². The molecular weight excluding hydrogens is 212 g/mol. The second-order valence-electron chi connectivity index (χ2n) is 5.56. The van der Waals surface area contributed by atoms with Crippen LogP contribution in [0.3, 0.4) is 0 Å². The van der Waals surface area contributed by atoms with Crippen molar-refractivity contribution in [3.63, 3.8) is 0 Å². The van der Waals surface area contributed by atoms with E-state index in [1.54, 1.807) is 0 Å². The molecule has 0 aliphatic carbocycles. The number of benzene rings is 1. The molecular formula is C15H22O2. The lowest BCUT2D eigenvalue weighted by atomic mass is 9.82. The van der Waals surface area contributed by atoms with E-state index in [-0.39, 0.29) is 12.2 Å². The van der Waals surface area contributed by atoms with E-state index in [1.165, 1.54) is 11.1 Å². The minimum absolute atomic E-state index is 0.147.